The van der Waals surface area contributed by atoms with Crippen LogP contribution in [-0.2, 0) is 32.7 Å². The second kappa shape index (κ2) is 38.4. The first-order valence-corrected chi connectivity index (χ1v) is 42.5. The molecule has 0 amide bonds. The SMILES string of the molecule is CNC(Cc1ccccc1)C(O)CN(CC(C)C)S(=O)(=O)c1ccc([N+](=O)[O-])cc1.CNC(Cc1ccccc1)C(O)CNCC(C)C.CS(=O)(=O)c1ccc([N+](=O)[O-])cc1.I.II.I[I-]I. The van der Waals surface area contributed by atoms with Gasteiger partial charge in [-0.05, 0) is 80.7 Å². The van der Waals surface area contributed by atoms with Crippen molar-refractivity contribution in [3.8, 4) is 0 Å². The van der Waals surface area contributed by atoms with Crippen molar-refractivity contribution in [1.29, 1.82) is 0 Å². The second-order valence-corrected chi connectivity index (χ2v) is 35.6. The van der Waals surface area contributed by atoms with Crippen molar-refractivity contribution in [2.24, 2.45) is 11.8 Å². The number of aliphatic hydroxyl groups excluding tert-OH is 2. The fourth-order valence-electron chi connectivity index (χ4n) is 5.98. The van der Waals surface area contributed by atoms with Crippen LogP contribution in [0.25, 0.3) is 0 Å². The fraction of sp³-hybridized carbons (Fsp3) is 0.442. The van der Waals surface area contributed by atoms with Gasteiger partial charge in [0.25, 0.3) is 11.4 Å². The van der Waals surface area contributed by atoms with E-state index in [0.29, 0.717) is 32.1 Å². The Morgan fingerprint density at radius 1 is 0.627 bits per heavy atom. The summed E-state index contributed by atoms with van der Waals surface area (Å²) >= 11 is 9.54. The Kier molecular flexibility index (Phi) is 39.4. The van der Waals surface area contributed by atoms with Gasteiger partial charge in [-0.1, -0.05) is 88.4 Å². The van der Waals surface area contributed by atoms with Gasteiger partial charge in [0.05, 0.1) is 31.8 Å². The summed E-state index contributed by atoms with van der Waals surface area (Å²) in [5.41, 5.74) is 1.99. The molecule has 4 aromatic rings. The molecule has 0 aliphatic rings. The van der Waals surface area contributed by atoms with Crippen LogP contribution in [0.5, 0.6) is 0 Å². The third kappa shape index (κ3) is 29.1. The number of sulfonamides is 1. The van der Waals surface area contributed by atoms with Gasteiger partial charge in [-0.2, -0.15) is 4.31 Å². The van der Waals surface area contributed by atoms with Crippen LogP contribution in [0.3, 0.4) is 0 Å². The molecule has 4 rings (SSSR count). The summed E-state index contributed by atoms with van der Waals surface area (Å²) in [7, 11) is -3.56. The van der Waals surface area contributed by atoms with E-state index in [4.69, 9.17) is 0 Å². The van der Waals surface area contributed by atoms with E-state index in [9.17, 15) is 47.3 Å². The molecule has 0 bridgehead atoms. The molecule has 0 saturated heterocycles. The topological polar surface area (TPSA) is 234 Å². The van der Waals surface area contributed by atoms with E-state index < -0.39 is 35.8 Å². The number of nitro groups is 2. The molecule has 4 unspecified atom stereocenters. The van der Waals surface area contributed by atoms with Crippen LogP contribution in [0, 0.1) is 32.1 Å². The van der Waals surface area contributed by atoms with Crippen molar-refractivity contribution < 1.29 is 50.2 Å². The van der Waals surface area contributed by atoms with Gasteiger partial charge < -0.3 is 26.2 Å². The normalized spacial score (nSPS) is 12.8. The van der Waals surface area contributed by atoms with Crippen molar-refractivity contribution in [2.75, 3.05) is 46.5 Å². The van der Waals surface area contributed by atoms with Crippen LogP contribution in [0.15, 0.2) is 119 Å². The average Bonchev–Trinajstić information content (AvgIpc) is 3.28. The summed E-state index contributed by atoms with van der Waals surface area (Å²) in [5, 5.41) is 51.6. The number of sulfone groups is 1. The Labute approximate surface area is 467 Å². The standard InChI is InChI=1S/C21H29N3O5S.C15H26N2O.C7H7NO4S.I3.I2.HI/c1-16(2)14-23(30(28,29)19-11-9-18(10-12-19)24(26)27)15-21(25)20(22-3)13-17-7-5-4-6-8-17;1-12(2)10-17-11-15(18)14(16-3)9-13-7-5-4-6-8-13;1-13(11,12)7-4-2-6(3-5-7)8(9)10;1-3-2;1-2;/h4-12,16,20-22,25H,13-15H2,1-3H3;4-8,12,14-18H,9-11H2,1-3H3;2-5H,1H3;;;1H/q;;;-1;;. The molecule has 67 heavy (non-hydrogen) atoms. The third-order valence-electron chi connectivity index (χ3n) is 9.29. The maximum absolute atomic E-state index is 13.2. The predicted octanol–water partition coefficient (Wildman–Crippen LogP) is 6.02. The zero-order valence-corrected chi connectivity index (χ0v) is 53.0. The summed E-state index contributed by atoms with van der Waals surface area (Å²) < 4.78 is 49.5. The molecular formula is C43H63I6N6O10S2-. The Balaban J connectivity index is 0. The van der Waals surface area contributed by atoms with Crippen LogP contribution in [0.4, 0.5) is 11.4 Å². The summed E-state index contributed by atoms with van der Waals surface area (Å²) in [6.07, 6.45) is 1.14. The number of halogens is 6. The Morgan fingerprint density at radius 3 is 1.33 bits per heavy atom. The number of benzene rings is 4. The molecule has 0 radical (unpaired) electrons. The van der Waals surface area contributed by atoms with Gasteiger partial charge in [0, 0.05) is 99.5 Å². The van der Waals surface area contributed by atoms with E-state index in [1.54, 1.807) is 7.05 Å². The fourth-order valence-corrected chi connectivity index (χ4v) is 8.23. The number of likely N-dealkylation sites (N-methyl/N-ethyl adjacent to an activating group) is 2. The number of hydrogen-bond acceptors (Lipinski definition) is 13. The van der Waals surface area contributed by atoms with E-state index in [1.165, 1.54) is 46.3 Å². The molecule has 0 fully saturated rings. The molecule has 380 valence electrons. The van der Waals surface area contributed by atoms with Crippen LogP contribution >= 0.6 is 98.4 Å². The summed E-state index contributed by atoms with van der Waals surface area (Å²) in [4.78, 5) is 20.0. The van der Waals surface area contributed by atoms with Crippen molar-refractivity contribution >= 4 is 130 Å². The van der Waals surface area contributed by atoms with Crippen molar-refractivity contribution in [3.05, 3.63) is 141 Å². The molecule has 0 aliphatic heterocycles. The van der Waals surface area contributed by atoms with Gasteiger partial charge in [0.2, 0.25) is 10.0 Å². The number of non-ortho nitro benzene ring substituents is 2. The van der Waals surface area contributed by atoms with Crippen LogP contribution in [-0.4, -0.2) is 112 Å². The molecule has 4 aromatic carbocycles. The molecular weight excluding hydrogens is 1590 g/mol. The number of aliphatic hydroxyl groups is 2. The number of nitrogens with zero attached hydrogens (tertiary/aromatic N) is 3. The summed E-state index contributed by atoms with van der Waals surface area (Å²) in [6.45, 7) is 9.83. The van der Waals surface area contributed by atoms with E-state index in [-0.39, 0.29) is 82.3 Å². The molecule has 0 aromatic heterocycles. The second-order valence-electron chi connectivity index (χ2n) is 15.4. The predicted molar refractivity (Wildman–Crippen MR) is 310 cm³/mol. The van der Waals surface area contributed by atoms with Gasteiger partial charge in [-0.25, -0.2) is 16.8 Å². The first-order valence-electron chi connectivity index (χ1n) is 20.3. The molecule has 0 spiro atoms. The molecule has 5 N–H and O–H groups in total. The number of rotatable bonds is 21. The van der Waals surface area contributed by atoms with Gasteiger partial charge in [-0.15, -0.1) is 24.0 Å². The van der Waals surface area contributed by atoms with E-state index in [2.05, 4.69) is 116 Å². The van der Waals surface area contributed by atoms with Gasteiger partial charge in [0.15, 0.2) is 9.84 Å². The zero-order chi connectivity index (χ0) is 50.5. The minimum absolute atomic E-state index is 0. The molecule has 0 saturated carbocycles. The zero-order valence-electron chi connectivity index (χ0n) is 38.2. The summed E-state index contributed by atoms with van der Waals surface area (Å²) in [6, 6.07) is 29.2. The van der Waals surface area contributed by atoms with Crippen molar-refractivity contribution in [3.63, 3.8) is 0 Å². The van der Waals surface area contributed by atoms with E-state index >= 15 is 0 Å². The summed E-state index contributed by atoms with van der Waals surface area (Å²) in [5.74, 6) is 0.645. The Morgan fingerprint density at radius 2 is 1.00 bits per heavy atom. The Bertz CT molecular complexity index is 2160. The molecule has 16 nitrogen and oxygen atoms in total. The van der Waals surface area contributed by atoms with Crippen LogP contribution < -0.4 is 29.2 Å². The maximum atomic E-state index is 13.2. The first-order chi connectivity index (χ1) is 31.1. The molecule has 4 atom stereocenters. The van der Waals surface area contributed by atoms with E-state index in [0.717, 1.165) is 36.9 Å². The third-order valence-corrected chi connectivity index (χ3v) is 12.3. The average molecular weight is 1650 g/mol. The van der Waals surface area contributed by atoms with Gasteiger partial charge in [-0.3, -0.25) is 20.2 Å². The molecule has 0 aliphatic carbocycles. The monoisotopic (exact) mass is 1650 g/mol. The number of hydrogen-bond donors (Lipinski definition) is 5. The first kappa shape index (κ1) is 68.8. The number of nitrogens with one attached hydrogen (secondary N) is 3. The molecule has 24 heteroatoms. The van der Waals surface area contributed by atoms with Crippen molar-refractivity contribution in [2.45, 2.75) is 74.6 Å². The number of nitro benzene ring substituents is 2. The van der Waals surface area contributed by atoms with Crippen LogP contribution in [0.1, 0.15) is 38.8 Å². The van der Waals surface area contributed by atoms with Gasteiger partial charge >= 0.3 is 50.5 Å². The van der Waals surface area contributed by atoms with E-state index in [1.807, 2.05) is 69.4 Å². The van der Waals surface area contributed by atoms with Crippen molar-refractivity contribution in [1.82, 2.24) is 20.3 Å². The van der Waals surface area contributed by atoms with Gasteiger partial charge in [0.1, 0.15) is 0 Å². The van der Waals surface area contributed by atoms with Crippen LogP contribution in [0.2, 0.25) is 0 Å². The Hall–Kier alpha value is -0.280. The quantitative estimate of drug-likeness (QED) is 0.0365. The molecule has 0 heterocycles. The minimum atomic E-state index is -3.93.